The van der Waals surface area contributed by atoms with E-state index in [-0.39, 0.29) is 17.0 Å². The van der Waals surface area contributed by atoms with Gasteiger partial charge in [-0.3, -0.25) is 0 Å². The molecule has 0 bridgehead atoms. The summed E-state index contributed by atoms with van der Waals surface area (Å²) in [5, 5.41) is 19.5. The Hall–Kier alpha value is -1.69. The van der Waals surface area contributed by atoms with Gasteiger partial charge in [0.25, 0.3) is 0 Å². The fraction of sp³-hybridized carbons (Fsp3) is 0.545. The van der Waals surface area contributed by atoms with Gasteiger partial charge >= 0.3 is 5.97 Å². The Balaban J connectivity index is 2.06. The Kier molecular flexibility index (Phi) is 3.23. The quantitative estimate of drug-likeness (QED) is 0.817. The van der Waals surface area contributed by atoms with Gasteiger partial charge < -0.3 is 15.2 Å². The number of carboxylic acids is 1. The van der Waals surface area contributed by atoms with Crippen LogP contribution in [0.5, 0.6) is 0 Å². The molecule has 0 amide bonds. The van der Waals surface area contributed by atoms with Crippen LogP contribution in [-0.4, -0.2) is 40.0 Å². The molecule has 17 heavy (non-hydrogen) atoms. The smallest absolute Gasteiger partial charge is 0.339 e. The SMILES string of the molecule is CC1(CNc2nnccc2C(=O)O)CCCO1. The molecular weight excluding hydrogens is 222 g/mol. The molecule has 2 N–H and O–H groups in total. The molecule has 0 saturated carbocycles. The van der Waals surface area contributed by atoms with Gasteiger partial charge in [-0.15, -0.1) is 5.10 Å². The highest BCUT2D eigenvalue weighted by Gasteiger charge is 2.30. The Labute approximate surface area is 99.0 Å². The summed E-state index contributed by atoms with van der Waals surface area (Å²) < 4.78 is 5.60. The van der Waals surface area contributed by atoms with Gasteiger partial charge in [0.15, 0.2) is 5.82 Å². The second-order valence-electron chi connectivity index (χ2n) is 4.35. The minimum Gasteiger partial charge on any atom is -0.478 e. The summed E-state index contributed by atoms with van der Waals surface area (Å²) in [6, 6.07) is 1.43. The zero-order valence-corrected chi connectivity index (χ0v) is 9.64. The fourth-order valence-corrected chi connectivity index (χ4v) is 1.88. The first-order valence-corrected chi connectivity index (χ1v) is 5.54. The monoisotopic (exact) mass is 237 g/mol. The average molecular weight is 237 g/mol. The Morgan fingerprint density at radius 2 is 2.53 bits per heavy atom. The molecule has 1 fully saturated rings. The van der Waals surface area contributed by atoms with Gasteiger partial charge in [-0.1, -0.05) is 0 Å². The van der Waals surface area contributed by atoms with Crippen LogP contribution in [0.4, 0.5) is 5.82 Å². The minimum absolute atomic E-state index is 0.126. The molecule has 1 atom stereocenters. The maximum absolute atomic E-state index is 11.0. The summed E-state index contributed by atoms with van der Waals surface area (Å²) in [5.41, 5.74) is -0.116. The number of nitrogens with zero attached hydrogens (tertiary/aromatic N) is 2. The Morgan fingerprint density at radius 1 is 1.71 bits per heavy atom. The molecule has 1 aliphatic rings. The van der Waals surface area contributed by atoms with Gasteiger partial charge in [-0.2, -0.15) is 5.10 Å². The topological polar surface area (TPSA) is 84.3 Å². The number of aromatic carboxylic acids is 1. The molecule has 0 aromatic carbocycles. The van der Waals surface area contributed by atoms with Crippen LogP contribution < -0.4 is 5.32 Å². The maximum Gasteiger partial charge on any atom is 0.339 e. The van der Waals surface area contributed by atoms with E-state index in [0.29, 0.717) is 6.54 Å². The van der Waals surface area contributed by atoms with Crippen molar-refractivity contribution < 1.29 is 14.6 Å². The van der Waals surface area contributed by atoms with Crippen molar-refractivity contribution >= 4 is 11.8 Å². The highest BCUT2D eigenvalue weighted by atomic mass is 16.5. The van der Waals surface area contributed by atoms with Crippen LogP contribution in [0.2, 0.25) is 0 Å². The van der Waals surface area contributed by atoms with Gasteiger partial charge in [0, 0.05) is 13.2 Å². The van der Waals surface area contributed by atoms with E-state index in [1.165, 1.54) is 12.3 Å². The molecule has 6 nitrogen and oxygen atoms in total. The van der Waals surface area contributed by atoms with Crippen molar-refractivity contribution in [3.8, 4) is 0 Å². The summed E-state index contributed by atoms with van der Waals surface area (Å²) in [6.45, 7) is 3.29. The van der Waals surface area contributed by atoms with Crippen molar-refractivity contribution in [3.63, 3.8) is 0 Å². The highest BCUT2D eigenvalue weighted by Crippen LogP contribution is 2.25. The number of rotatable bonds is 4. The van der Waals surface area contributed by atoms with Crippen LogP contribution >= 0.6 is 0 Å². The van der Waals surface area contributed by atoms with Crippen molar-refractivity contribution in [2.24, 2.45) is 0 Å². The highest BCUT2D eigenvalue weighted by molar-refractivity contribution is 5.92. The van der Waals surface area contributed by atoms with Gasteiger partial charge in [0.2, 0.25) is 0 Å². The van der Waals surface area contributed by atoms with E-state index >= 15 is 0 Å². The third kappa shape index (κ3) is 2.71. The first-order chi connectivity index (χ1) is 8.11. The first-order valence-electron chi connectivity index (χ1n) is 5.54. The predicted octanol–water partition coefficient (Wildman–Crippen LogP) is 1.16. The van der Waals surface area contributed by atoms with Crippen LogP contribution in [0.3, 0.4) is 0 Å². The molecule has 0 spiro atoms. The zero-order chi connectivity index (χ0) is 12.3. The standard InChI is InChI=1S/C11H15N3O3/c1-11(4-2-6-17-11)7-12-9-8(10(15)16)3-5-13-14-9/h3,5H,2,4,6-7H2,1H3,(H,12,14)(H,15,16). The van der Waals surface area contributed by atoms with Gasteiger partial charge in [0.05, 0.1) is 11.8 Å². The summed E-state index contributed by atoms with van der Waals surface area (Å²) in [7, 11) is 0. The number of hydrogen-bond acceptors (Lipinski definition) is 5. The normalized spacial score (nSPS) is 23.6. The molecule has 1 saturated heterocycles. The van der Waals surface area contributed by atoms with Crippen LogP contribution in [0.25, 0.3) is 0 Å². The zero-order valence-electron chi connectivity index (χ0n) is 9.64. The Morgan fingerprint density at radius 3 is 3.18 bits per heavy atom. The largest absolute Gasteiger partial charge is 0.478 e. The van der Waals surface area contributed by atoms with E-state index in [1.807, 2.05) is 6.92 Å². The molecule has 0 aliphatic carbocycles. The van der Waals surface area contributed by atoms with E-state index in [4.69, 9.17) is 9.84 Å². The lowest BCUT2D eigenvalue weighted by molar-refractivity contribution is 0.0314. The summed E-state index contributed by atoms with van der Waals surface area (Å²) in [6.07, 6.45) is 3.36. The fourth-order valence-electron chi connectivity index (χ4n) is 1.88. The van der Waals surface area contributed by atoms with Crippen LogP contribution in [0.15, 0.2) is 12.3 Å². The maximum atomic E-state index is 11.0. The molecule has 92 valence electrons. The summed E-state index contributed by atoms with van der Waals surface area (Å²) in [5.74, 6) is -0.725. The van der Waals surface area contributed by atoms with Crippen molar-refractivity contribution in [3.05, 3.63) is 17.8 Å². The molecule has 1 aromatic heterocycles. The lowest BCUT2D eigenvalue weighted by atomic mass is 10.0. The number of carboxylic acid groups (broad SMARTS) is 1. The number of ether oxygens (including phenoxy) is 1. The van der Waals surface area contributed by atoms with E-state index in [9.17, 15) is 4.79 Å². The molecule has 1 aliphatic heterocycles. The lowest BCUT2D eigenvalue weighted by Crippen LogP contribution is -2.33. The van der Waals surface area contributed by atoms with Crippen LogP contribution in [0, 0.1) is 0 Å². The summed E-state index contributed by atoms with van der Waals surface area (Å²) >= 11 is 0. The molecule has 0 radical (unpaired) electrons. The molecule has 2 heterocycles. The van der Waals surface area contributed by atoms with Crippen LogP contribution in [0.1, 0.15) is 30.1 Å². The van der Waals surface area contributed by atoms with Gasteiger partial charge in [-0.05, 0) is 25.8 Å². The third-order valence-corrected chi connectivity index (χ3v) is 2.88. The number of nitrogens with one attached hydrogen (secondary N) is 1. The number of anilines is 1. The van der Waals surface area contributed by atoms with E-state index < -0.39 is 5.97 Å². The Bertz CT molecular complexity index is 416. The van der Waals surface area contributed by atoms with Crippen molar-refractivity contribution in [2.75, 3.05) is 18.5 Å². The van der Waals surface area contributed by atoms with Crippen molar-refractivity contribution in [1.29, 1.82) is 0 Å². The van der Waals surface area contributed by atoms with Crippen molar-refractivity contribution in [1.82, 2.24) is 10.2 Å². The number of aromatic nitrogens is 2. The lowest BCUT2D eigenvalue weighted by Gasteiger charge is -2.23. The third-order valence-electron chi connectivity index (χ3n) is 2.88. The molecule has 1 unspecified atom stereocenters. The molecule has 6 heteroatoms. The molecular formula is C11H15N3O3. The van der Waals surface area contributed by atoms with Gasteiger partial charge in [0.1, 0.15) is 5.56 Å². The van der Waals surface area contributed by atoms with Gasteiger partial charge in [-0.25, -0.2) is 4.79 Å². The second-order valence-corrected chi connectivity index (χ2v) is 4.35. The van der Waals surface area contributed by atoms with Crippen molar-refractivity contribution in [2.45, 2.75) is 25.4 Å². The first kappa shape index (κ1) is 11.8. The number of carbonyl (C=O) groups is 1. The second kappa shape index (κ2) is 4.67. The van der Waals surface area contributed by atoms with E-state index in [1.54, 1.807) is 0 Å². The average Bonchev–Trinajstić information content (AvgIpc) is 2.74. The van der Waals surface area contributed by atoms with E-state index in [2.05, 4.69) is 15.5 Å². The predicted molar refractivity (Wildman–Crippen MR) is 61.1 cm³/mol. The molecule has 1 aromatic rings. The number of hydrogen-bond donors (Lipinski definition) is 2. The minimum atomic E-state index is -1.01. The summed E-state index contributed by atoms with van der Waals surface area (Å²) in [4.78, 5) is 11.0. The van der Waals surface area contributed by atoms with Crippen LogP contribution in [-0.2, 0) is 4.74 Å². The van der Waals surface area contributed by atoms with E-state index in [0.717, 1.165) is 19.4 Å². The molecule has 2 rings (SSSR count).